The molecular formula is C11H13FN2O2S. The summed E-state index contributed by atoms with van der Waals surface area (Å²) in [5.41, 5.74) is 0.798. The van der Waals surface area contributed by atoms with E-state index in [0.717, 1.165) is 24.6 Å². The highest BCUT2D eigenvalue weighted by molar-refractivity contribution is 7.99. The highest BCUT2D eigenvalue weighted by Gasteiger charge is 2.15. The van der Waals surface area contributed by atoms with Crippen molar-refractivity contribution < 1.29 is 14.3 Å². The highest BCUT2D eigenvalue weighted by Crippen LogP contribution is 2.25. The molecule has 2 rings (SSSR count). The smallest absolute Gasteiger partial charge is 0.409 e. The fourth-order valence-corrected chi connectivity index (χ4v) is 2.67. The molecule has 1 aromatic rings. The molecule has 1 fully saturated rings. The van der Waals surface area contributed by atoms with E-state index in [-0.39, 0.29) is 11.5 Å². The minimum absolute atomic E-state index is 0.255. The standard InChI is InChI=1S/C11H13FN2O2S/c12-9-7-8(13-11(15)16)1-2-10(9)14-3-5-17-6-4-14/h1-2,7,13H,3-6H2,(H,15,16). The lowest BCUT2D eigenvalue weighted by atomic mass is 10.2. The number of carboxylic acid groups (broad SMARTS) is 1. The number of benzene rings is 1. The number of nitrogens with zero attached hydrogens (tertiary/aromatic N) is 1. The van der Waals surface area contributed by atoms with Crippen molar-refractivity contribution in [2.75, 3.05) is 34.8 Å². The fraction of sp³-hybridized carbons (Fsp3) is 0.364. The minimum Gasteiger partial charge on any atom is -0.465 e. The Morgan fingerprint density at radius 3 is 2.71 bits per heavy atom. The summed E-state index contributed by atoms with van der Waals surface area (Å²) in [6.45, 7) is 1.65. The molecule has 0 spiro atoms. The van der Waals surface area contributed by atoms with Gasteiger partial charge in [-0.2, -0.15) is 11.8 Å². The number of anilines is 2. The molecule has 0 unspecified atom stereocenters. The van der Waals surface area contributed by atoms with Crippen molar-refractivity contribution in [3.8, 4) is 0 Å². The lowest BCUT2D eigenvalue weighted by Gasteiger charge is -2.28. The van der Waals surface area contributed by atoms with Crippen LogP contribution in [-0.2, 0) is 0 Å². The molecule has 1 aliphatic rings. The third kappa shape index (κ3) is 3.03. The second-order valence-electron chi connectivity index (χ2n) is 3.70. The van der Waals surface area contributed by atoms with E-state index in [0.29, 0.717) is 5.69 Å². The van der Waals surface area contributed by atoms with Crippen LogP contribution in [0.3, 0.4) is 0 Å². The van der Waals surface area contributed by atoms with Gasteiger partial charge in [0.2, 0.25) is 0 Å². The van der Waals surface area contributed by atoms with E-state index in [9.17, 15) is 9.18 Å². The summed E-state index contributed by atoms with van der Waals surface area (Å²) in [4.78, 5) is 12.4. The summed E-state index contributed by atoms with van der Waals surface area (Å²) < 4.78 is 13.8. The Morgan fingerprint density at radius 1 is 1.41 bits per heavy atom. The zero-order valence-electron chi connectivity index (χ0n) is 9.15. The topological polar surface area (TPSA) is 52.6 Å². The number of nitrogens with one attached hydrogen (secondary N) is 1. The molecule has 1 amide bonds. The molecule has 2 N–H and O–H groups in total. The molecule has 1 heterocycles. The van der Waals surface area contributed by atoms with Crippen LogP contribution in [0.2, 0.25) is 0 Å². The SMILES string of the molecule is O=C(O)Nc1ccc(N2CCSCC2)c(F)c1. The number of rotatable bonds is 2. The zero-order valence-corrected chi connectivity index (χ0v) is 9.97. The van der Waals surface area contributed by atoms with Crippen LogP contribution in [0.4, 0.5) is 20.6 Å². The molecule has 4 nitrogen and oxygen atoms in total. The first kappa shape index (κ1) is 12.0. The van der Waals surface area contributed by atoms with E-state index >= 15 is 0 Å². The molecule has 0 aliphatic carbocycles. The van der Waals surface area contributed by atoms with Crippen LogP contribution in [0.15, 0.2) is 18.2 Å². The van der Waals surface area contributed by atoms with Crippen molar-refractivity contribution in [1.82, 2.24) is 0 Å². The van der Waals surface area contributed by atoms with Gasteiger partial charge in [0.15, 0.2) is 0 Å². The molecule has 1 aromatic carbocycles. The Morgan fingerprint density at radius 2 is 2.12 bits per heavy atom. The van der Waals surface area contributed by atoms with E-state index in [1.54, 1.807) is 12.1 Å². The van der Waals surface area contributed by atoms with Crippen molar-refractivity contribution in [3.63, 3.8) is 0 Å². The maximum atomic E-state index is 13.8. The normalized spacial score (nSPS) is 15.7. The summed E-state index contributed by atoms with van der Waals surface area (Å²) in [6.07, 6.45) is -1.19. The molecule has 1 saturated heterocycles. The molecule has 0 saturated carbocycles. The fourth-order valence-electron chi connectivity index (χ4n) is 1.77. The van der Waals surface area contributed by atoms with Gasteiger partial charge in [-0.15, -0.1) is 0 Å². The van der Waals surface area contributed by atoms with Gasteiger partial charge in [0.05, 0.1) is 5.69 Å². The lowest BCUT2D eigenvalue weighted by molar-refractivity contribution is 0.209. The molecule has 0 radical (unpaired) electrons. The molecule has 0 bridgehead atoms. The van der Waals surface area contributed by atoms with Gasteiger partial charge in [0.25, 0.3) is 0 Å². The highest BCUT2D eigenvalue weighted by atomic mass is 32.2. The van der Waals surface area contributed by atoms with Crippen LogP contribution >= 0.6 is 11.8 Å². The first-order valence-electron chi connectivity index (χ1n) is 5.29. The largest absolute Gasteiger partial charge is 0.465 e. The third-order valence-corrected chi connectivity index (χ3v) is 3.49. The first-order chi connectivity index (χ1) is 8.16. The lowest BCUT2D eigenvalue weighted by Crippen LogP contribution is -2.33. The Labute approximate surface area is 103 Å². The quantitative estimate of drug-likeness (QED) is 0.853. The Balaban J connectivity index is 2.15. The van der Waals surface area contributed by atoms with E-state index in [4.69, 9.17) is 5.11 Å². The van der Waals surface area contributed by atoms with E-state index in [1.165, 1.54) is 6.07 Å². The number of halogens is 1. The van der Waals surface area contributed by atoms with Crippen LogP contribution in [0, 0.1) is 5.82 Å². The summed E-state index contributed by atoms with van der Waals surface area (Å²) >= 11 is 1.86. The molecule has 92 valence electrons. The molecule has 6 heteroatoms. The predicted molar refractivity (Wildman–Crippen MR) is 67.6 cm³/mol. The molecule has 0 aromatic heterocycles. The van der Waals surface area contributed by atoms with Crippen molar-refractivity contribution in [2.24, 2.45) is 0 Å². The molecule has 0 atom stereocenters. The van der Waals surface area contributed by atoms with Gasteiger partial charge in [0, 0.05) is 30.3 Å². The van der Waals surface area contributed by atoms with Crippen LogP contribution in [-0.4, -0.2) is 35.8 Å². The number of hydrogen-bond donors (Lipinski definition) is 2. The third-order valence-electron chi connectivity index (χ3n) is 2.55. The van der Waals surface area contributed by atoms with E-state index in [2.05, 4.69) is 5.32 Å². The van der Waals surface area contributed by atoms with Crippen molar-refractivity contribution in [2.45, 2.75) is 0 Å². The van der Waals surface area contributed by atoms with Crippen LogP contribution < -0.4 is 10.2 Å². The van der Waals surface area contributed by atoms with Gasteiger partial charge in [-0.25, -0.2) is 9.18 Å². The summed E-state index contributed by atoms with van der Waals surface area (Å²) in [5, 5.41) is 10.7. The van der Waals surface area contributed by atoms with Crippen molar-refractivity contribution >= 4 is 29.2 Å². The first-order valence-corrected chi connectivity index (χ1v) is 6.44. The second-order valence-corrected chi connectivity index (χ2v) is 4.92. The second kappa shape index (κ2) is 5.27. The molecule has 1 aliphatic heterocycles. The van der Waals surface area contributed by atoms with Gasteiger partial charge in [-0.1, -0.05) is 0 Å². The maximum Gasteiger partial charge on any atom is 0.409 e. The number of amides is 1. The monoisotopic (exact) mass is 256 g/mol. The average Bonchev–Trinajstić information content (AvgIpc) is 2.29. The summed E-state index contributed by atoms with van der Waals surface area (Å²) in [6, 6.07) is 4.41. The zero-order chi connectivity index (χ0) is 12.3. The summed E-state index contributed by atoms with van der Waals surface area (Å²) in [7, 11) is 0. The van der Waals surface area contributed by atoms with E-state index < -0.39 is 6.09 Å². The molecule has 17 heavy (non-hydrogen) atoms. The minimum atomic E-state index is -1.19. The van der Waals surface area contributed by atoms with Gasteiger partial charge in [-0.3, -0.25) is 5.32 Å². The Bertz CT molecular complexity index is 422. The number of hydrogen-bond acceptors (Lipinski definition) is 3. The van der Waals surface area contributed by atoms with Crippen LogP contribution in [0.25, 0.3) is 0 Å². The van der Waals surface area contributed by atoms with Gasteiger partial charge < -0.3 is 10.0 Å². The molecular weight excluding hydrogens is 243 g/mol. The van der Waals surface area contributed by atoms with Gasteiger partial charge >= 0.3 is 6.09 Å². The number of thioether (sulfide) groups is 1. The van der Waals surface area contributed by atoms with Crippen LogP contribution in [0.1, 0.15) is 0 Å². The maximum absolute atomic E-state index is 13.8. The number of carbonyl (C=O) groups is 1. The van der Waals surface area contributed by atoms with Crippen molar-refractivity contribution in [3.05, 3.63) is 24.0 Å². The average molecular weight is 256 g/mol. The van der Waals surface area contributed by atoms with Gasteiger partial charge in [0.1, 0.15) is 5.82 Å². The van der Waals surface area contributed by atoms with Crippen molar-refractivity contribution in [1.29, 1.82) is 0 Å². The predicted octanol–water partition coefficient (Wildman–Crippen LogP) is 2.47. The summed E-state index contributed by atoms with van der Waals surface area (Å²) in [5.74, 6) is 1.60. The van der Waals surface area contributed by atoms with E-state index in [1.807, 2.05) is 16.7 Å². The Kier molecular flexibility index (Phi) is 3.73. The van der Waals surface area contributed by atoms with Crippen LogP contribution in [0.5, 0.6) is 0 Å². The van der Waals surface area contributed by atoms with Gasteiger partial charge in [-0.05, 0) is 18.2 Å². The Hall–Kier alpha value is -1.43.